The van der Waals surface area contributed by atoms with E-state index in [9.17, 15) is 4.39 Å². The van der Waals surface area contributed by atoms with Crippen LogP contribution in [-0.4, -0.2) is 24.9 Å². The van der Waals surface area contributed by atoms with Crippen LogP contribution in [0.15, 0.2) is 55.2 Å². The third kappa shape index (κ3) is 3.09. The van der Waals surface area contributed by atoms with Gasteiger partial charge in [-0.15, -0.1) is 0 Å². The first-order chi connectivity index (χ1) is 12.2. The van der Waals surface area contributed by atoms with E-state index in [-0.39, 0.29) is 0 Å². The molecule has 0 aliphatic heterocycles. The van der Waals surface area contributed by atoms with Gasteiger partial charge in [0.2, 0.25) is 0 Å². The second-order valence-electron chi connectivity index (χ2n) is 5.13. The van der Waals surface area contributed by atoms with Crippen molar-refractivity contribution in [3.05, 3.63) is 66.1 Å². The smallest absolute Gasteiger partial charge is 0.183 e. The largest absolute Gasteiger partial charge is 0.338 e. The monoisotopic (exact) mass is 352 g/mol. The number of anilines is 2. The first kappa shape index (κ1) is 15.3. The quantitative estimate of drug-likeness (QED) is 0.600. The van der Waals surface area contributed by atoms with Gasteiger partial charge in [-0.3, -0.25) is 4.98 Å². The molecule has 4 aromatic rings. The number of halogens is 2. The fourth-order valence-corrected chi connectivity index (χ4v) is 2.54. The Morgan fingerprint density at radius 1 is 0.880 bits per heavy atom. The van der Waals surface area contributed by atoms with E-state index < -0.39 is 5.82 Å². The molecule has 0 unspecified atom stereocenters. The average Bonchev–Trinajstić information content (AvgIpc) is 2.64. The Labute approximate surface area is 146 Å². The van der Waals surface area contributed by atoms with Crippen molar-refractivity contribution >= 4 is 34.3 Å². The first-order valence-electron chi connectivity index (χ1n) is 7.31. The lowest BCUT2D eigenvalue weighted by molar-refractivity contribution is 0.631. The van der Waals surface area contributed by atoms with Crippen molar-refractivity contribution in [2.75, 3.05) is 5.32 Å². The Bertz CT molecular complexity index is 1070. The summed E-state index contributed by atoms with van der Waals surface area (Å²) < 4.78 is 14.1. The lowest BCUT2D eigenvalue weighted by Gasteiger charge is -2.09. The molecule has 0 amide bonds. The fraction of sp³-hybridized carbons (Fsp3) is 0. The number of benzene rings is 1. The number of pyridine rings is 1. The highest BCUT2D eigenvalue weighted by Crippen LogP contribution is 2.27. The SMILES string of the molecule is Fc1ccc(Cl)cc1-c1cc(Nc2ncnc3nccnc23)ccn1. The molecule has 122 valence electrons. The highest BCUT2D eigenvalue weighted by atomic mass is 35.5. The number of rotatable bonds is 3. The van der Waals surface area contributed by atoms with Crippen LogP contribution in [0, 0.1) is 5.82 Å². The van der Waals surface area contributed by atoms with E-state index in [1.165, 1.54) is 24.5 Å². The van der Waals surface area contributed by atoms with Crippen LogP contribution < -0.4 is 5.32 Å². The van der Waals surface area contributed by atoms with Gasteiger partial charge in [-0.25, -0.2) is 24.3 Å². The lowest BCUT2D eigenvalue weighted by Crippen LogP contribution is -1.99. The van der Waals surface area contributed by atoms with Crippen molar-refractivity contribution in [1.29, 1.82) is 0 Å². The van der Waals surface area contributed by atoms with Crippen LogP contribution in [0.3, 0.4) is 0 Å². The van der Waals surface area contributed by atoms with Crippen molar-refractivity contribution in [3.63, 3.8) is 0 Å². The molecule has 1 N–H and O–H groups in total. The van der Waals surface area contributed by atoms with Gasteiger partial charge >= 0.3 is 0 Å². The molecule has 3 heterocycles. The number of hydrogen-bond donors (Lipinski definition) is 1. The molecule has 0 aliphatic rings. The van der Waals surface area contributed by atoms with Gasteiger partial charge < -0.3 is 5.32 Å². The Hall–Kier alpha value is -3.19. The lowest BCUT2D eigenvalue weighted by atomic mass is 10.1. The zero-order valence-corrected chi connectivity index (χ0v) is 13.4. The van der Waals surface area contributed by atoms with Gasteiger partial charge in [0.1, 0.15) is 12.1 Å². The van der Waals surface area contributed by atoms with Crippen LogP contribution in [0.5, 0.6) is 0 Å². The molecule has 3 aromatic heterocycles. The number of aromatic nitrogens is 5. The van der Waals surface area contributed by atoms with Crippen LogP contribution >= 0.6 is 11.6 Å². The van der Waals surface area contributed by atoms with Crippen LogP contribution in [0.2, 0.25) is 5.02 Å². The molecule has 0 saturated heterocycles. The molecule has 6 nitrogen and oxygen atoms in total. The van der Waals surface area contributed by atoms with Crippen LogP contribution in [-0.2, 0) is 0 Å². The van der Waals surface area contributed by atoms with Gasteiger partial charge in [-0.2, -0.15) is 0 Å². The topological polar surface area (TPSA) is 76.5 Å². The molecule has 0 spiro atoms. The second kappa shape index (κ2) is 6.37. The van der Waals surface area contributed by atoms with Gasteiger partial charge in [0.15, 0.2) is 17.0 Å². The van der Waals surface area contributed by atoms with Gasteiger partial charge in [-0.1, -0.05) is 11.6 Å². The van der Waals surface area contributed by atoms with Gasteiger partial charge in [0.05, 0.1) is 5.69 Å². The third-order valence-electron chi connectivity index (χ3n) is 3.50. The summed E-state index contributed by atoms with van der Waals surface area (Å²) in [6, 6.07) is 7.80. The Balaban J connectivity index is 1.74. The molecular formula is C17H10ClFN6. The summed E-state index contributed by atoms with van der Waals surface area (Å²) in [4.78, 5) is 20.9. The molecule has 1 aromatic carbocycles. The van der Waals surface area contributed by atoms with E-state index in [2.05, 4.69) is 30.2 Å². The maximum Gasteiger partial charge on any atom is 0.183 e. The summed E-state index contributed by atoms with van der Waals surface area (Å²) in [7, 11) is 0. The Morgan fingerprint density at radius 2 is 1.76 bits per heavy atom. The van der Waals surface area contributed by atoms with E-state index in [1.54, 1.807) is 30.7 Å². The van der Waals surface area contributed by atoms with Crippen molar-refractivity contribution < 1.29 is 4.39 Å². The second-order valence-corrected chi connectivity index (χ2v) is 5.57. The van der Waals surface area contributed by atoms with Crippen LogP contribution in [0.4, 0.5) is 15.9 Å². The summed E-state index contributed by atoms with van der Waals surface area (Å²) in [6.07, 6.45) is 6.10. The molecule has 0 fully saturated rings. The number of hydrogen-bond acceptors (Lipinski definition) is 6. The summed E-state index contributed by atoms with van der Waals surface area (Å²) in [5, 5.41) is 3.58. The van der Waals surface area contributed by atoms with Crippen molar-refractivity contribution in [2.45, 2.75) is 0 Å². The molecule has 0 aliphatic carbocycles. The Kier molecular flexibility index (Phi) is 3.91. The maximum absolute atomic E-state index is 14.1. The third-order valence-corrected chi connectivity index (χ3v) is 3.73. The number of nitrogens with zero attached hydrogens (tertiary/aromatic N) is 5. The van der Waals surface area contributed by atoms with Crippen LogP contribution in [0.1, 0.15) is 0 Å². The molecule has 0 saturated carbocycles. The van der Waals surface area contributed by atoms with Gasteiger partial charge in [0.25, 0.3) is 0 Å². The van der Waals surface area contributed by atoms with Crippen LogP contribution in [0.25, 0.3) is 22.4 Å². The summed E-state index contributed by atoms with van der Waals surface area (Å²) >= 11 is 5.96. The van der Waals surface area contributed by atoms with Crippen molar-refractivity contribution in [1.82, 2.24) is 24.9 Å². The van der Waals surface area contributed by atoms with E-state index in [0.717, 1.165) is 0 Å². The molecule has 4 rings (SSSR count). The minimum atomic E-state index is -0.396. The molecule has 8 heteroatoms. The summed E-state index contributed by atoms with van der Waals surface area (Å²) in [5.41, 5.74) is 2.47. The Morgan fingerprint density at radius 3 is 2.68 bits per heavy atom. The van der Waals surface area contributed by atoms with E-state index >= 15 is 0 Å². The number of fused-ring (bicyclic) bond motifs is 1. The van der Waals surface area contributed by atoms with Crippen molar-refractivity contribution in [2.24, 2.45) is 0 Å². The van der Waals surface area contributed by atoms with E-state index in [4.69, 9.17) is 11.6 Å². The predicted octanol–water partition coefficient (Wildman–Crippen LogP) is 4.02. The highest BCUT2D eigenvalue weighted by molar-refractivity contribution is 6.30. The van der Waals surface area contributed by atoms with Gasteiger partial charge in [0, 0.05) is 34.9 Å². The van der Waals surface area contributed by atoms with Gasteiger partial charge in [-0.05, 0) is 30.3 Å². The summed E-state index contributed by atoms with van der Waals surface area (Å²) in [5.74, 6) is 0.106. The highest BCUT2D eigenvalue weighted by Gasteiger charge is 2.10. The molecule has 0 bridgehead atoms. The van der Waals surface area contributed by atoms with E-state index in [0.29, 0.717) is 38.9 Å². The first-order valence-corrected chi connectivity index (χ1v) is 7.69. The minimum Gasteiger partial charge on any atom is -0.338 e. The average molecular weight is 353 g/mol. The predicted molar refractivity (Wildman–Crippen MR) is 93.1 cm³/mol. The van der Waals surface area contributed by atoms with E-state index in [1.807, 2.05) is 0 Å². The summed E-state index contributed by atoms with van der Waals surface area (Å²) in [6.45, 7) is 0. The fourth-order valence-electron chi connectivity index (χ4n) is 2.37. The normalized spacial score (nSPS) is 10.8. The number of nitrogens with one attached hydrogen (secondary N) is 1. The zero-order valence-electron chi connectivity index (χ0n) is 12.7. The molecule has 0 radical (unpaired) electrons. The molecule has 0 atom stereocenters. The molecular weight excluding hydrogens is 343 g/mol. The molecule has 25 heavy (non-hydrogen) atoms. The minimum absolute atomic E-state index is 0.323. The van der Waals surface area contributed by atoms with Crippen molar-refractivity contribution in [3.8, 4) is 11.3 Å². The maximum atomic E-state index is 14.1. The standard InChI is InChI=1S/C17H10ClFN6/c18-10-1-2-13(19)12(7-10)14-8-11(3-4-20-14)25-17-15-16(23-9-24-17)22-6-5-21-15/h1-9H,(H,20,22,23,24,25). The zero-order chi connectivity index (χ0) is 17.2.